The lowest BCUT2D eigenvalue weighted by atomic mass is 10.2. The molecule has 2 fully saturated rings. The summed E-state index contributed by atoms with van der Waals surface area (Å²) in [7, 11) is 0. The minimum absolute atomic E-state index is 0.114. The van der Waals surface area contributed by atoms with Crippen LogP contribution in [0.2, 0.25) is 0 Å². The number of hydrogen-bond acceptors (Lipinski definition) is 5. The number of rotatable bonds is 4. The van der Waals surface area contributed by atoms with Gasteiger partial charge in [-0.15, -0.1) is 0 Å². The molecule has 1 saturated carbocycles. The second-order valence-electron chi connectivity index (χ2n) is 6.46. The molecule has 2 heterocycles. The van der Waals surface area contributed by atoms with Crippen LogP contribution in [-0.4, -0.2) is 52.0 Å². The molecule has 6 heteroatoms. The molecular weight excluding hydrogens is 268 g/mol. The topological polar surface area (TPSA) is 62.5 Å². The van der Waals surface area contributed by atoms with Crippen molar-refractivity contribution in [1.82, 2.24) is 19.9 Å². The highest BCUT2D eigenvalue weighted by Gasteiger charge is 2.35. The van der Waals surface area contributed by atoms with Gasteiger partial charge in [0.15, 0.2) is 5.82 Å². The van der Waals surface area contributed by atoms with Gasteiger partial charge in [-0.2, -0.15) is 4.98 Å². The standard InChI is InChI=1S/C15H24N4O2/c1-10(2)13-16-14(21-17-13)11(3)18-6-8-19(9-7-18)15(20)12-4-5-12/h10-12H,4-9H2,1-3H3/t11-/m0/s1. The van der Waals surface area contributed by atoms with Crippen molar-refractivity contribution in [1.29, 1.82) is 0 Å². The molecule has 6 nitrogen and oxygen atoms in total. The Bertz CT molecular complexity index is 502. The molecule has 0 bridgehead atoms. The van der Waals surface area contributed by atoms with E-state index in [1.807, 2.05) is 4.90 Å². The maximum atomic E-state index is 12.1. The first-order valence-corrected chi connectivity index (χ1v) is 7.92. The van der Waals surface area contributed by atoms with Gasteiger partial charge in [0, 0.05) is 38.0 Å². The minimum Gasteiger partial charge on any atom is -0.340 e. The zero-order chi connectivity index (χ0) is 15.0. The van der Waals surface area contributed by atoms with E-state index >= 15 is 0 Å². The van der Waals surface area contributed by atoms with Crippen molar-refractivity contribution in [2.24, 2.45) is 5.92 Å². The summed E-state index contributed by atoms with van der Waals surface area (Å²) in [6.45, 7) is 9.58. The third kappa shape index (κ3) is 3.10. The summed E-state index contributed by atoms with van der Waals surface area (Å²) in [5.74, 6) is 2.39. The fraction of sp³-hybridized carbons (Fsp3) is 0.800. The van der Waals surface area contributed by atoms with Crippen molar-refractivity contribution < 1.29 is 9.32 Å². The smallest absolute Gasteiger partial charge is 0.243 e. The number of nitrogens with zero attached hydrogens (tertiary/aromatic N) is 4. The van der Waals surface area contributed by atoms with Crippen molar-refractivity contribution >= 4 is 5.91 Å². The van der Waals surface area contributed by atoms with Crippen molar-refractivity contribution in [2.45, 2.75) is 45.6 Å². The van der Waals surface area contributed by atoms with Crippen LogP contribution in [0.1, 0.15) is 57.3 Å². The Kier molecular flexibility index (Phi) is 3.97. The van der Waals surface area contributed by atoms with Crippen LogP contribution in [0.25, 0.3) is 0 Å². The Morgan fingerprint density at radius 3 is 2.38 bits per heavy atom. The lowest BCUT2D eigenvalue weighted by molar-refractivity contribution is -0.134. The second-order valence-corrected chi connectivity index (χ2v) is 6.46. The van der Waals surface area contributed by atoms with Crippen LogP contribution < -0.4 is 0 Å². The van der Waals surface area contributed by atoms with Gasteiger partial charge < -0.3 is 9.42 Å². The molecule has 21 heavy (non-hydrogen) atoms. The monoisotopic (exact) mass is 292 g/mol. The van der Waals surface area contributed by atoms with E-state index < -0.39 is 0 Å². The Labute approximate surface area is 125 Å². The average Bonchev–Trinajstić information content (AvgIpc) is 3.22. The van der Waals surface area contributed by atoms with Crippen molar-refractivity contribution in [3.05, 3.63) is 11.7 Å². The molecule has 1 aliphatic carbocycles. The van der Waals surface area contributed by atoms with Crippen LogP contribution in [0.5, 0.6) is 0 Å². The van der Waals surface area contributed by atoms with E-state index in [0.29, 0.717) is 17.7 Å². The van der Waals surface area contributed by atoms with Gasteiger partial charge in [0.25, 0.3) is 0 Å². The number of amides is 1. The summed E-state index contributed by atoms with van der Waals surface area (Å²) in [5, 5.41) is 4.03. The summed E-state index contributed by atoms with van der Waals surface area (Å²) in [6, 6.07) is 0.114. The highest BCUT2D eigenvalue weighted by molar-refractivity contribution is 5.81. The fourth-order valence-corrected chi connectivity index (χ4v) is 2.73. The molecular formula is C15H24N4O2. The predicted molar refractivity (Wildman–Crippen MR) is 77.7 cm³/mol. The first-order valence-electron chi connectivity index (χ1n) is 7.92. The van der Waals surface area contributed by atoms with E-state index in [4.69, 9.17) is 4.52 Å². The van der Waals surface area contributed by atoms with E-state index in [1.165, 1.54) is 0 Å². The highest BCUT2D eigenvalue weighted by Crippen LogP contribution is 2.31. The van der Waals surface area contributed by atoms with E-state index in [2.05, 4.69) is 35.8 Å². The lowest BCUT2D eigenvalue weighted by Gasteiger charge is -2.36. The molecule has 116 valence electrons. The summed E-state index contributed by atoms with van der Waals surface area (Å²) < 4.78 is 5.38. The molecule has 1 aromatic heterocycles. The third-order valence-electron chi connectivity index (χ3n) is 4.43. The molecule has 0 N–H and O–H groups in total. The van der Waals surface area contributed by atoms with Gasteiger partial charge in [-0.25, -0.2) is 0 Å². The van der Waals surface area contributed by atoms with E-state index in [9.17, 15) is 4.79 Å². The van der Waals surface area contributed by atoms with Crippen LogP contribution in [0, 0.1) is 5.92 Å². The first-order chi connectivity index (χ1) is 10.1. The van der Waals surface area contributed by atoms with Crippen LogP contribution in [0.4, 0.5) is 0 Å². The molecule has 1 saturated heterocycles. The van der Waals surface area contributed by atoms with E-state index in [-0.39, 0.29) is 12.0 Å². The number of carbonyl (C=O) groups is 1. The van der Waals surface area contributed by atoms with Gasteiger partial charge in [0.1, 0.15) is 0 Å². The molecule has 0 radical (unpaired) electrons. The van der Waals surface area contributed by atoms with Gasteiger partial charge in [-0.05, 0) is 19.8 Å². The fourth-order valence-electron chi connectivity index (χ4n) is 2.73. The molecule has 1 amide bonds. The van der Waals surface area contributed by atoms with E-state index in [1.54, 1.807) is 0 Å². The van der Waals surface area contributed by atoms with Crippen LogP contribution >= 0.6 is 0 Å². The lowest BCUT2D eigenvalue weighted by Crippen LogP contribution is -2.49. The van der Waals surface area contributed by atoms with Crippen molar-refractivity contribution in [2.75, 3.05) is 26.2 Å². The number of aromatic nitrogens is 2. The highest BCUT2D eigenvalue weighted by atomic mass is 16.5. The molecule has 3 rings (SSSR count). The zero-order valence-electron chi connectivity index (χ0n) is 13.1. The maximum Gasteiger partial charge on any atom is 0.243 e. The molecule has 1 aromatic rings. The molecule has 2 aliphatic rings. The van der Waals surface area contributed by atoms with Gasteiger partial charge in [-0.1, -0.05) is 19.0 Å². The van der Waals surface area contributed by atoms with E-state index in [0.717, 1.165) is 44.8 Å². The summed E-state index contributed by atoms with van der Waals surface area (Å²) in [6.07, 6.45) is 2.16. The quantitative estimate of drug-likeness (QED) is 0.847. The summed E-state index contributed by atoms with van der Waals surface area (Å²) >= 11 is 0. The molecule has 0 aromatic carbocycles. The van der Waals surface area contributed by atoms with Gasteiger partial charge in [0.05, 0.1) is 6.04 Å². The molecule has 1 aliphatic heterocycles. The average molecular weight is 292 g/mol. The Morgan fingerprint density at radius 1 is 1.19 bits per heavy atom. The van der Waals surface area contributed by atoms with Crippen molar-refractivity contribution in [3.63, 3.8) is 0 Å². The molecule has 1 atom stereocenters. The zero-order valence-corrected chi connectivity index (χ0v) is 13.1. The van der Waals surface area contributed by atoms with Crippen LogP contribution in [-0.2, 0) is 4.79 Å². The predicted octanol–water partition coefficient (Wildman–Crippen LogP) is 1.81. The third-order valence-corrected chi connectivity index (χ3v) is 4.43. The number of piperazine rings is 1. The molecule has 0 unspecified atom stereocenters. The normalized spacial score (nSPS) is 21.8. The summed E-state index contributed by atoms with van der Waals surface area (Å²) in [4.78, 5) is 20.9. The van der Waals surface area contributed by atoms with Crippen molar-refractivity contribution in [3.8, 4) is 0 Å². The Balaban J connectivity index is 1.56. The van der Waals surface area contributed by atoms with Crippen LogP contribution in [0.3, 0.4) is 0 Å². The minimum atomic E-state index is 0.114. The summed E-state index contributed by atoms with van der Waals surface area (Å²) in [5.41, 5.74) is 0. The van der Waals surface area contributed by atoms with Gasteiger partial charge in [0.2, 0.25) is 11.8 Å². The van der Waals surface area contributed by atoms with Crippen LogP contribution in [0.15, 0.2) is 4.52 Å². The first kappa shape index (κ1) is 14.5. The molecule has 0 spiro atoms. The second kappa shape index (κ2) is 5.75. The Morgan fingerprint density at radius 2 is 1.86 bits per heavy atom. The number of hydrogen-bond donors (Lipinski definition) is 0. The Hall–Kier alpha value is -1.43. The maximum absolute atomic E-state index is 12.1. The van der Waals surface area contributed by atoms with Gasteiger partial charge in [-0.3, -0.25) is 9.69 Å². The SMILES string of the molecule is CC(C)c1noc([C@H](C)N2CCN(C(=O)C3CC3)CC2)n1. The number of carbonyl (C=O) groups excluding carboxylic acids is 1. The van der Waals surface area contributed by atoms with Gasteiger partial charge >= 0.3 is 0 Å². The largest absolute Gasteiger partial charge is 0.340 e.